The van der Waals surface area contributed by atoms with Crippen LogP contribution in [-0.4, -0.2) is 50.2 Å². The van der Waals surface area contributed by atoms with Gasteiger partial charge in [-0.3, -0.25) is 24.3 Å². The van der Waals surface area contributed by atoms with Gasteiger partial charge >= 0.3 is 0 Å². The number of hydrogen-bond acceptors (Lipinski definition) is 5. The van der Waals surface area contributed by atoms with E-state index in [2.05, 4.69) is 15.3 Å². The van der Waals surface area contributed by atoms with Crippen LogP contribution in [0.5, 0.6) is 0 Å². The molecule has 1 aromatic carbocycles. The number of nitrogens with one attached hydrogen (secondary N) is 1. The monoisotopic (exact) mass is 375 g/mol. The minimum atomic E-state index is -0.442. The molecule has 8 heteroatoms. The molecule has 8 nitrogen and oxygen atoms in total. The van der Waals surface area contributed by atoms with E-state index in [9.17, 15) is 14.4 Å². The van der Waals surface area contributed by atoms with E-state index in [1.54, 1.807) is 42.9 Å². The highest BCUT2D eigenvalue weighted by molar-refractivity contribution is 6.22. The Labute approximate surface area is 160 Å². The van der Waals surface area contributed by atoms with Gasteiger partial charge in [0.2, 0.25) is 5.91 Å². The Morgan fingerprint density at radius 2 is 1.64 bits per heavy atom. The Morgan fingerprint density at radius 1 is 0.929 bits per heavy atom. The zero-order chi connectivity index (χ0) is 19.5. The Kier molecular flexibility index (Phi) is 4.67. The van der Waals surface area contributed by atoms with Crippen LogP contribution in [-0.2, 0) is 11.3 Å². The van der Waals surface area contributed by atoms with Crippen molar-refractivity contribution in [3.8, 4) is 11.5 Å². The predicted octanol–water partition coefficient (Wildman–Crippen LogP) is 1.36. The highest BCUT2D eigenvalue weighted by atomic mass is 16.2. The molecule has 1 aliphatic heterocycles. The van der Waals surface area contributed by atoms with Crippen LogP contribution >= 0.6 is 0 Å². The van der Waals surface area contributed by atoms with Crippen molar-refractivity contribution in [1.29, 1.82) is 0 Å². The normalized spacial score (nSPS) is 12.9. The van der Waals surface area contributed by atoms with Gasteiger partial charge < -0.3 is 9.88 Å². The summed E-state index contributed by atoms with van der Waals surface area (Å²) in [5, 5.41) is 2.74. The number of fused-ring (bicyclic) bond motifs is 1. The van der Waals surface area contributed by atoms with Gasteiger partial charge in [-0.05, 0) is 24.3 Å². The maximum absolute atomic E-state index is 12.3. The lowest BCUT2D eigenvalue weighted by molar-refractivity contribution is -0.121. The third kappa shape index (κ3) is 3.27. The molecular formula is C20H17N5O3. The molecule has 0 saturated heterocycles. The molecule has 1 N–H and O–H groups in total. The fourth-order valence-electron chi connectivity index (χ4n) is 3.12. The van der Waals surface area contributed by atoms with Gasteiger partial charge in [0.1, 0.15) is 12.2 Å². The summed E-state index contributed by atoms with van der Waals surface area (Å²) in [7, 11) is 0. The summed E-state index contributed by atoms with van der Waals surface area (Å²) >= 11 is 0. The molecule has 1 aliphatic rings. The maximum Gasteiger partial charge on any atom is 0.262 e. The van der Waals surface area contributed by atoms with E-state index in [1.807, 2.05) is 22.8 Å². The summed E-state index contributed by atoms with van der Waals surface area (Å²) in [5.74, 6) is -0.574. The summed E-state index contributed by atoms with van der Waals surface area (Å²) < 4.78 is 1.88. The number of nitrogens with zero attached hydrogens (tertiary/aromatic N) is 4. The lowest BCUT2D eigenvalue weighted by Gasteiger charge is -2.14. The average molecular weight is 375 g/mol. The van der Waals surface area contributed by atoms with Crippen molar-refractivity contribution in [2.24, 2.45) is 0 Å². The molecule has 0 radical (unpaired) electrons. The van der Waals surface area contributed by atoms with Gasteiger partial charge in [0.25, 0.3) is 11.8 Å². The van der Waals surface area contributed by atoms with E-state index in [1.165, 1.54) is 0 Å². The molecular weight excluding hydrogens is 358 g/mol. The van der Waals surface area contributed by atoms with Crippen molar-refractivity contribution in [3.05, 3.63) is 72.2 Å². The third-order valence-corrected chi connectivity index (χ3v) is 4.46. The van der Waals surface area contributed by atoms with Crippen molar-refractivity contribution >= 4 is 17.7 Å². The first-order chi connectivity index (χ1) is 13.6. The zero-order valence-electron chi connectivity index (χ0n) is 14.9. The molecule has 140 valence electrons. The van der Waals surface area contributed by atoms with Gasteiger partial charge in [0, 0.05) is 31.7 Å². The van der Waals surface area contributed by atoms with Crippen molar-refractivity contribution in [3.63, 3.8) is 0 Å². The lowest BCUT2D eigenvalue weighted by atomic mass is 10.1. The molecule has 0 atom stereocenters. The Balaban J connectivity index is 1.34. The van der Waals surface area contributed by atoms with Crippen LogP contribution in [0.1, 0.15) is 20.7 Å². The number of hydrogen-bond donors (Lipinski definition) is 1. The molecule has 3 amide bonds. The van der Waals surface area contributed by atoms with Crippen LogP contribution in [0.2, 0.25) is 0 Å². The van der Waals surface area contributed by atoms with Crippen LogP contribution in [0, 0.1) is 0 Å². The van der Waals surface area contributed by atoms with Crippen LogP contribution in [0.25, 0.3) is 11.5 Å². The highest BCUT2D eigenvalue weighted by Crippen LogP contribution is 2.21. The number of pyridine rings is 1. The summed E-state index contributed by atoms with van der Waals surface area (Å²) in [6, 6.07) is 12.1. The first-order valence-corrected chi connectivity index (χ1v) is 8.79. The molecule has 0 fully saturated rings. The Morgan fingerprint density at radius 3 is 2.32 bits per heavy atom. The Hall–Kier alpha value is -3.81. The quantitative estimate of drug-likeness (QED) is 0.656. The van der Waals surface area contributed by atoms with Gasteiger partial charge in [0.05, 0.1) is 11.1 Å². The van der Waals surface area contributed by atoms with Crippen LogP contribution in [0.3, 0.4) is 0 Å². The van der Waals surface area contributed by atoms with E-state index in [0.717, 1.165) is 10.6 Å². The summed E-state index contributed by atoms with van der Waals surface area (Å²) in [6.07, 6.45) is 5.17. The van der Waals surface area contributed by atoms with Crippen molar-refractivity contribution in [1.82, 2.24) is 24.8 Å². The Bertz CT molecular complexity index is 1010. The topological polar surface area (TPSA) is 97.2 Å². The second kappa shape index (κ2) is 7.43. The molecule has 0 unspecified atom stereocenters. The SMILES string of the molecule is O=C(CN1C(=O)c2ccccc2C1=O)NCCn1ccnc1-c1ccccn1. The fraction of sp³-hybridized carbons (Fsp3) is 0.150. The molecule has 2 aromatic heterocycles. The highest BCUT2D eigenvalue weighted by Gasteiger charge is 2.36. The zero-order valence-corrected chi connectivity index (χ0v) is 14.9. The number of rotatable bonds is 6. The standard InChI is InChI=1S/C20H17N5O3/c26-17(13-25-19(27)14-5-1-2-6-15(14)20(25)28)22-9-11-24-12-10-23-18(24)16-7-3-4-8-21-16/h1-8,10,12H,9,11,13H2,(H,22,26). The van der Waals surface area contributed by atoms with E-state index in [4.69, 9.17) is 0 Å². The van der Waals surface area contributed by atoms with Gasteiger partial charge in [-0.25, -0.2) is 4.98 Å². The number of imide groups is 1. The van der Waals surface area contributed by atoms with Gasteiger partial charge in [-0.2, -0.15) is 0 Å². The molecule has 3 aromatic rings. The van der Waals surface area contributed by atoms with Crippen molar-refractivity contribution < 1.29 is 14.4 Å². The van der Waals surface area contributed by atoms with Gasteiger partial charge in [-0.1, -0.05) is 18.2 Å². The lowest BCUT2D eigenvalue weighted by Crippen LogP contribution is -2.41. The fourth-order valence-corrected chi connectivity index (χ4v) is 3.12. The predicted molar refractivity (Wildman–Crippen MR) is 100 cm³/mol. The van der Waals surface area contributed by atoms with E-state index < -0.39 is 17.7 Å². The first kappa shape index (κ1) is 17.6. The van der Waals surface area contributed by atoms with Crippen LogP contribution in [0.4, 0.5) is 0 Å². The third-order valence-electron chi connectivity index (χ3n) is 4.46. The molecule has 0 saturated carbocycles. The molecule has 4 rings (SSSR count). The first-order valence-electron chi connectivity index (χ1n) is 8.79. The van der Waals surface area contributed by atoms with Gasteiger partial charge in [-0.15, -0.1) is 0 Å². The summed E-state index contributed by atoms with van der Waals surface area (Å²) in [6.45, 7) is 0.515. The summed E-state index contributed by atoms with van der Waals surface area (Å²) in [4.78, 5) is 46.4. The number of carbonyl (C=O) groups excluding carboxylic acids is 3. The molecule has 0 aliphatic carbocycles. The van der Waals surface area contributed by atoms with Gasteiger partial charge in [0.15, 0.2) is 5.82 Å². The summed E-state index contributed by atoms with van der Waals surface area (Å²) in [5.41, 5.74) is 1.40. The molecule has 0 bridgehead atoms. The number of aromatic nitrogens is 3. The van der Waals surface area contributed by atoms with Crippen molar-refractivity contribution in [2.45, 2.75) is 6.54 Å². The number of imidazole rings is 1. The molecule has 0 spiro atoms. The average Bonchev–Trinajstić information content (AvgIpc) is 3.28. The smallest absolute Gasteiger partial charge is 0.262 e. The van der Waals surface area contributed by atoms with E-state index in [0.29, 0.717) is 30.0 Å². The number of amides is 3. The number of benzene rings is 1. The minimum Gasteiger partial charge on any atom is -0.353 e. The maximum atomic E-state index is 12.3. The minimum absolute atomic E-state index is 0.302. The second-order valence-corrected chi connectivity index (χ2v) is 6.25. The van der Waals surface area contributed by atoms with E-state index in [-0.39, 0.29) is 6.54 Å². The van der Waals surface area contributed by atoms with Crippen molar-refractivity contribution in [2.75, 3.05) is 13.1 Å². The van der Waals surface area contributed by atoms with Crippen LogP contribution in [0.15, 0.2) is 61.1 Å². The molecule has 28 heavy (non-hydrogen) atoms. The largest absolute Gasteiger partial charge is 0.353 e. The van der Waals surface area contributed by atoms with Crippen LogP contribution < -0.4 is 5.32 Å². The molecule has 3 heterocycles. The number of carbonyl (C=O) groups is 3. The van der Waals surface area contributed by atoms with E-state index >= 15 is 0 Å². The second-order valence-electron chi connectivity index (χ2n) is 6.25.